The summed E-state index contributed by atoms with van der Waals surface area (Å²) in [5.74, 6) is -5.25. The first kappa shape index (κ1) is 15.1. The molecule has 0 radical (unpaired) electrons. The van der Waals surface area contributed by atoms with Crippen molar-refractivity contribution < 1.29 is 36.2 Å². The molecule has 0 heterocycles. The van der Waals surface area contributed by atoms with Gasteiger partial charge in [-0.15, -0.1) is 0 Å². The largest absolute Gasteiger partial charge is 0.478 e. The van der Waals surface area contributed by atoms with Crippen molar-refractivity contribution in [1.82, 2.24) is 0 Å². The molecule has 0 aromatic heterocycles. The molecule has 1 aromatic rings. The second-order valence-corrected chi connectivity index (χ2v) is 3.67. The zero-order valence-corrected chi connectivity index (χ0v) is 9.01. The lowest BCUT2D eigenvalue weighted by Crippen LogP contribution is -2.34. The number of alkyl halides is 6. The minimum absolute atomic E-state index is 0.370. The third-order valence-electron chi connectivity index (χ3n) is 2.29. The molecule has 0 fully saturated rings. The number of anilines is 1. The maximum absolute atomic E-state index is 12.4. The van der Waals surface area contributed by atoms with Gasteiger partial charge in [-0.2, -0.15) is 26.3 Å². The Morgan fingerprint density at radius 1 is 1.11 bits per heavy atom. The standard InChI is InChI=1S/C10H7F6NO2/c11-9(12,13)7(10(14,15)16)4-1-2-5(8(18)19)6(17)3-4/h1-3,7H,17H2,(H,18,19). The van der Waals surface area contributed by atoms with Crippen LogP contribution in [0.25, 0.3) is 0 Å². The molecule has 0 saturated heterocycles. The highest BCUT2D eigenvalue weighted by Crippen LogP contribution is 2.46. The van der Waals surface area contributed by atoms with Crippen molar-refractivity contribution >= 4 is 11.7 Å². The molecule has 0 unspecified atom stereocenters. The monoisotopic (exact) mass is 287 g/mol. The molecule has 3 nitrogen and oxygen atoms in total. The molecule has 1 rings (SSSR count). The molecule has 0 amide bonds. The number of hydrogen-bond acceptors (Lipinski definition) is 2. The van der Waals surface area contributed by atoms with Gasteiger partial charge in [0.2, 0.25) is 0 Å². The van der Waals surface area contributed by atoms with E-state index in [1.165, 1.54) is 0 Å². The molecule has 0 aliphatic rings. The lowest BCUT2D eigenvalue weighted by Gasteiger charge is -2.23. The summed E-state index contributed by atoms with van der Waals surface area (Å²) in [6, 6.07) is 1.43. The molecule has 106 valence electrons. The quantitative estimate of drug-likeness (QED) is 0.648. The summed E-state index contributed by atoms with van der Waals surface area (Å²) in [6.07, 6.45) is -11.1. The number of carboxylic acids is 1. The molecule has 0 saturated carbocycles. The van der Waals surface area contributed by atoms with E-state index in [1.54, 1.807) is 0 Å². The Morgan fingerprint density at radius 2 is 1.58 bits per heavy atom. The van der Waals surface area contributed by atoms with E-state index < -0.39 is 41.1 Å². The van der Waals surface area contributed by atoms with E-state index in [4.69, 9.17) is 10.8 Å². The van der Waals surface area contributed by atoms with Crippen LogP contribution in [0.4, 0.5) is 32.0 Å². The number of nitrogen functional groups attached to an aromatic ring is 1. The first-order valence-electron chi connectivity index (χ1n) is 4.70. The fourth-order valence-corrected chi connectivity index (χ4v) is 1.52. The summed E-state index contributed by atoms with van der Waals surface area (Å²) in [4.78, 5) is 10.6. The lowest BCUT2D eigenvalue weighted by atomic mass is 9.96. The average molecular weight is 287 g/mol. The zero-order chi connectivity index (χ0) is 15.0. The Balaban J connectivity index is 3.34. The topological polar surface area (TPSA) is 63.3 Å². The van der Waals surface area contributed by atoms with Gasteiger partial charge < -0.3 is 10.8 Å². The van der Waals surface area contributed by atoms with Crippen LogP contribution >= 0.6 is 0 Å². The minimum Gasteiger partial charge on any atom is -0.478 e. The van der Waals surface area contributed by atoms with E-state index in [-0.39, 0.29) is 0 Å². The smallest absolute Gasteiger partial charge is 0.404 e. The first-order valence-corrected chi connectivity index (χ1v) is 4.70. The number of aromatic carboxylic acids is 1. The predicted octanol–water partition coefficient (Wildman–Crippen LogP) is 3.18. The van der Waals surface area contributed by atoms with Crippen molar-refractivity contribution in [2.24, 2.45) is 0 Å². The third-order valence-corrected chi connectivity index (χ3v) is 2.29. The number of nitrogens with two attached hydrogens (primary N) is 1. The highest BCUT2D eigenvalue weighted by Gasteiger charge is 2.57. The van der Waals surface area contributed by atoms with Crippen molar-refractivity contribution in [3.63, 3.8) is 0 Å². The van der Waals surface area contributed by atoms with E-state index in [0.717, 1.165) is 0 Å². The Hall–Kier alpha value is -1.93. The van der Waals surface area contributed by atoms with Crippen LogP contribution in [0.3, 0.4) is 0 Å². The van der Waals surface area contributed by atoms with Gasteiger partial charge in [0.25, 0.3) is 0 Å². The van der Waals surface area contributed by atoms with Crippen LogP contribution in [0.1, 0.15) is 21.8 Å². The number of carboxylic acid groups (broad SMARTS) is 1. The van der Waals surface area contributed by atoms with Gasteiger partial charge in [0.15, 0.2) is 5.92 Å². The van der Waals surface area contributed by atoms with Gasteiger partial charge in [-0.1, -0.05) is 6.07 Å². The van der Waals surface area contributed by atoms with Crippen LogP contribution in [0.2, 0.25) is 0 Å². The minimum atomic E-state index is -5.55. The number of hydrogen-bond donors (Lipinski definition) is 2. The van der Waals surface area contributed by atoms with Crippen LogP contribution in [0.5, 0.6) is 0 Å². The fourth-order valence-electron chi connectivity index (χ4n) is 1.52. The second-order valence-electron chi connectivity index (χ2n) is 3.67. The molecule has 3 N–H and O–H groups in total. The summed E-state index contributed by atoms with van der Waals surface area (Å²) in [7, 11) is 0. The Morgan fingerprint density at radius 3 is 1.89 bits per heavy atom. The number of rotatable bonds is 2. The number of halogens is 6. The van der Waals surface area contributed by atoms with Crippen molar-refractivity contribution in [1.29, 1.82) is 0 Å². The highest BCUT2D eigenvalue weighted by atomic mass is 19.4. The van der Waals surface area contributed by atoms with Crippen LogP contribution in [-0.2, 0) is 0 Å². The van der Waals surface area contributed by atoms with E-state index >= 15 is 0 Å². The molecular weight excluding hydrogens is 280 g/mol. The van der Waals surface area contributed by atoms with E-state index in [2.05, 4.69) is 0 Å². The Labute approximate surface area is 102 Å². The molecule has 9 heteroatoms. The molecule has 19 heavy (non-hydrogen) atoms. The van der Waals surface area contributed by atoms with Gasteiger partial charge in [-0.3, -0.25) is 0 Å². The van der Waals surface area contributed by atoms with Crippen molar-refractivity contribution in [3.8, 4) is 0 Å². The summed E-state index contributed by atoms with van der Waals surface area (Å²) < 4.78 is 74.5. The number of carbonyl (C=O) groups is 1. The normalized spacial score (nSPS) is 12.8. The van der Waals surface area contributed by atoms with Crippen LogP contribution in [0, 0.1) is 0 Å². The van der Waals surface area contributed by atoms with Gasteiger partial charge in [0.1, 0.15) is 0 Å². The maximum Gasteiger partial charge on any atom is 0.404 e. The SMILES string of the molecule is Nc1cc(C(C(F)(F)F)C(F)(F)F)ccc1C(=O)O. The van der Waals surface area contributed by atoms with E-state index in [0.29, 0.717) is 18.2 Å². The first-order chi connectivity index (χ1) is 8.44. The summed E-state index contributed by atoms with van der Waals surface area (Å²) in [5.41, 5.74) is 2.75. The maximum atomic E-state index is 12.4. The number of benzene rings is 1. The summed E-state index contributed by atoms with van der Waals surface area (Å²) in [5, 5.41) is 8.59. The Bertz CT molecular complexity index is 480. The average Bonchev–Trinajstić information content (AvgIpc) is 2.11. The van der Waals surface area contributed by atoms with Crippen molar-refractivity contribution in [2.75, 3.05) is 5.73 Å². The zero-order valence-electron chi connectivity index (χ0n) is 9.01. The van der Waals surface area contributed by atoms with Crippen molar-refractivity contribution in [2.45, 2.75) is 18.3 Å². The predicted molar refractivity (Wildman–Crippen MR) is 52.7 cm³/mol. The highest BCUT2D eigenvalue weighted by molar-refractivity contribution is 5.93. The van der Waals surface area contributed by atoms with Gasteiger partial charge in [-0.05, 0) is 17.7 Å². The molecule has 0 aliphatic carbocycles. The van der Waals surface area contributed by atoms with Gasteiger partial charge in [0.05, 0.1) is 5.56 Å². The van der Waals surface area contributed by atoms with E-state index in [9.17, 15) is 31.1 Å². The summed E-state index contributed by atoms with van der Waals surface area (Å²) in [6.45, 7) is 0. The van der Waals surface area contributed by atoms with Gasteiger partial charge >= 0.3 is 18.3 Å². The van der Waals surface area contributed by atoms with E-state index in [1.807, 2.05) is 0 Å². The van der Waals surface area contributed by atoms with Gasteiger partial charge in [-0.25, -0.2) is 4.79 Å². The fraction of sp³-hybridized carbons (Fsp3) is 0.300. The van der Waals surface area contributed by atoms with Crippen LogP contribution in [-0.4, -0.2) is 23.4 Å². The molecule has 0 aliphatic heterocycles. The van der Waals surface area contributed by atoms with Gasteiger partial charge in [0, 0.05) is 5.69 Å². The Kier molecular flexibility index (Phi) is 3.69. The summed E-state index contributed by atoms with van der Waals surface area (Å²) >= 11 is 0. The molecule has 0 bridgehead atoms. The molecule has 1 aromatic carbocycles. The lowest BCUT2D eigenvalue weighted by molar-refractivity contribution is -0.253. The van der Waals surface area contributed by atoms with Crippen molar-refractivity contribution in [3.05, 3.63) is 29.3 Å². The second kappa shape index (κ2) is 4.63. The molecule has 0 atom stereocenters. The van der Waals surface area contributed by atoms with Crippen LogP contribution < -0.4 is 5.73 Å². The van der Waals surface area contributed by atoms with Crippen LogP contribution in [0.15, 0.2) is 18.2 Å². The molecule has 0 spiro atoms. The molecular formula is C10H7F6NO2. The third kappa shape index (κ3) is 3.30.